The molecular formula is C23H28N4O2. The van der Waals surface area contributed by atoms with Gasteiger partial charge in [0.25, 0.3) is 0 Å². The lowest BCUT2D eigenvalue weighted by molar-refractivity contribution is -0.127. The Morgan fingerprint density at radius 1 is 1.03 bits per heavy atom. The number of fused-ring (bicyclic) bond motifs is 1. The zero-order chi connectivity index (χ0) is 20.6. The maximum absolute atomic E-state index is 11.9. The van der Waals surface area contributed by atoms with Crippen molar-refractivity contribution in [3.05, 3.63) is 71.5 Å². The normalized spacial score (nSPS) is 11.5. The number of rotatable bonds is 7. The van der Waals surface area contributed by atoms with Gasteiger partial charge in [-0.2, -0.15) is 0 Å². The second-order valence-corrected chi connectivity index (χ2v) is 7.12. The average molecular weight is 393 g/mol. The smallest absolute Gasteiger partial charge is 0.243 e. The van der Waals surface area contributed by atoms with Crippen molar-refractivity contribution in [2.75, 3.05) is 27.2 Å². The lowest BCUT2D eigenvalue weighted by Gasteiger charge is -2.13. The molecule has 0 saturated heterocycles. The van der Waals surface area contributed by atoms with Crippen molar-refractivity contribution in [3.8, 4) is 0 Å². The van der Waals surface area contributed by atoms with E-state index in [1.54, 1.807) is 14.1 Å². The molecule has 0 fully saturated rings. The molecule has 3 aromatic rings. The number of amides is 1. The number of nitrogens with zero attached hydrogens (tertiary/aromatic N) is 2. The summed E-state index contributed by atoms with van der Waals surface area (Å²) in [4.78, 5) is 17.9. The van der Waals surface area contributed by atoms with E-state index in [9.17, 15) is 4.79 Å². The number of guanidine groups is 1. The van der Waals surface area contributed by atoms with E-state index in [-0.39, 0.29) is 12.5 Å². The minimum Gasteiger partial charge on any atom is -0.459 e. The fourth-order valence-electron chi connectivity index (χ4n) is 2.99. The number of carbonyl (C=O) groups is 1. The summed E-state index contributed by atoms with van der Waals surface area (Å²) in [5.74, 6) is 1.41. The standard InChI is InChI=1S/C23H28N4O2/c1-17-19-11-7-8-12-20(19)29-21(17)15-25-23(26-16-22(28)27(2)3)24-14-13-18-9-5-4-6-10-18/h4-12H,13-16H2,1-3H3,(H2,24,25,26). The number of nitrogens with one attached hydrogen (secondary N) is 2. The zero-order valence-corrected chi connectivity index (χ0v) is 17.2. The third kappa shape index (κ3) is 5.60. The molecule has 6 heteroatoms. The van der Waals surface area contributed by atoms with Crippen molar-refractivity contribution >= 4 is 22.8 Å². The summed E-state index contributed by atoms with van der Waals surface area (Å²) in [5, 5.41) is 7.72. The van der Waals surface area contributed by atoms with Gasteiger partial charge in [0, 0.05) is 31.6 Å². The summed E-state index contributed by atoms with van der Waals surface area (Å²) in [6, 6.07) is 18.3. The van der Waals surface area contributed by atoms with Gasteiger partial charge < -0.3 is 20.0 Å². The highest BCUT2D eigenvalue weighted by Gasteiger charge is 2.11. The maximum atomic E-state index is 11.9. The Hall–Kier alpha value is -3.28. The van der Waals surface area contributed by atoms with Gasteiger partial charge in [-0.3, -0.25) is 4.79 Å². The molecule has 0 unspecified atom stereocenters. The van der Waals surface area contributed by atoms with Crippen molar-refractivity contribution in [1.82, 2.24) is 15.5 Å². The number of aryl methyl sites for hydroxylation is 1. The Labute approximate surface area is 171 Å². The summed E-state index contributed by atoms with van der Waals surface area (Å²) < 4.78 is 5.97. The molecule has 0 saturated carbocycles. The van der Waals surface area contributed by atoms with Crippen LogP contribution in [-0.2, 0) is 17.8 Å². The number of likely N-dealkylation sites (N-methyl/N-ethyl adjacent to an activating group) is 1. The van der Waals surface area contributed by atoms with Gasteiger partial charge in [-0.15, -0.1) is 0 Å². The quantitative estimate of drug-likeness (QED) is 0.479. The molecule has 6 nitrogen and oxygen atoms in total. The molecule has 0 radical (unpaired) electrons. The van der Waals surface area contributed by atoms with Crippen LogP contribution in [0, 0.1) is 6.92 Å². The van der Waals surface area contributed by atoms with Gasteiger partial charge >= 0.3 is 0 Å². The zero-order valence-electron chi connectivity index (χ0n) is 17.2. The Bertz CT molecular complexity index is 977. The molecule has 0 atom stereocenters. The molecule has 0 spiro atoms. The van der Waals surface area contributed by atoms with Gasteiger partial charge in [0.15, 0.2) is 5.96 Å². The largest absolute Gasteiger partial charge is 0.459 e. The van der Waals surface area contributed by atoms with Gasteiger partial charge in [-0.05, 0) is 25.0 Å². The van der Waals surface area contributed by atoms with Gasteiger partial charge in [0.05, 0.1) is 6.54 Å². The van der Waals surface area contributed by atoms with Crippen molar-refractivity contribution in [2.45, 2.75) is 19.9 Å². The second kappa shape index (κ2) is 9.78. The van der Waals surface area contributed by atoms with Gasteiger partial charge in [-0.25, -0.2) is 4.99 Å². The Kier molecular flexibility index (Phi) is 6.89. The molecule has 2 N–H and O–H groups in total. The van der Waals surface area contributed by atoms with Crippen LogP contribution < -0.4 is 10.6 Å². The molecule has 3 rings (SSSR count). The summed E-state index contributed by atoms with van der Waals surface area (Å²) in [5.41, 5.74) is 3.23. The summed E-state index contributed by atoms with van der Waals surface area (Å²) in [6.07, 6.45) is 0.868. The van der Waals surface area contributed by atoms with Crippen LogP contribution in [0.4, 0.5) is 0 Å². The monoisotopic (exact) mass is 392 g/mol. The van der Waals surface area contributed by atoms with E-state index in [0.29, 0.717) is 19.0 Å². The van der Waals surface area contributed by atoms with E-state index in [0.717, 1.165) is 28.7 Å². The summed E-state index contributed by atoms with van der Waals surface area (Å²) >= 11 is 0. The Morgan fingerprint density at radius 2 is 1.76 bits per heavy atom. The van der Waals surface area contributed by atoms with Gasteiger partial charge in [0.2, 0.25) is 5.91 Å². The molecule has 2 aromatic carbocycles. The van der Waals surface area contributed by atoms with Crippen LogP contribution in [0.3, 0.4) is 0 Å². The molecule has 152 valence electrons. The topological polar surface area (TPSA) is 69.9 Å². The predicted octanol–water partition coefficient (Wildman–Crippen LogP) is 3.11. The summed E-state index contributed by atoms with van der Waals surface area (Å²) in [6.45, 7) is 3.35. The maximum Gasteiger partial charge on any atom is 0.243 e. The molecular weight excluding hydrogens is 364 g/mol. The van der Waals surface area contributed by atoms with E-state index >= 15 is 0 Å². The third-order valence-corrected chi connectivity index (χ3v) is 4.78. The lowest BCUT2D eigenvalue weighted by Crippen LogP contribution is -2.39. The number of furan rings is 1. The highest BCUT2D eigenvalue weighted by molar-refractivity contribution is 5.85. The first-order valence-corrected chi connectivity index (χ1v) is 9.78. The molecule has 0 aliphatic heterocycles. The van der Waals surface area contributed by atoms with E-state index in [2.05, 4.69) is 40.7 Å². The van der Waals surface area contributed by atoms with Gasteiger partial charge in [-0.1, -0.05) is 48.5 Å². The van der Waals surface area contributed by atoms with Crippen LogP contribution in [0.15, 0.2) is 64.0 Å². The Balaban J connectivity index is 1.65. The molecule has 0 bridgehead atoms. The van der Waals surface area contributed by atoms with E-state index in [4.69, 9.17) is 4.42 Å². The first kappa shape index (κ1) is 20.5. The fraction of sp³-hybridized carbons (Fsp3) is 0.304. The van der Waals surface area contributed by atoms with Crippen LogP contribution in [0.25, 0.3) is 11.0 Å². The number of hydrogen-bond acceptors (Lipinski definition) is 3. The number of benzene rings is 2. The van der Waals surface area contributed by atoms with Crippen LogP contribution >= 0.6 is 0 Å². The average Bonchev–Trinajstić information content (AvgIpc) is 3.06. The predicted molar refractivity (Wildman–Crippen MR) is 117 cm³/mol. The minimum atomic E-state index is -0.0472. The van der Waals surface area contributed by atoms with Crippen LogP contribution in [-0.4, -0.2) is 44.0 Å². The van der Waals surface area contributed by atoms with Crippen molar-refractivity contribution in [2.24, 2.45) is 4.99 Å². The first-order valence-electron chi connectivity index (χ1n) is 9.78. The Morgan fingerprint density at radius 3 is 2.48 bits per heavy atom. The first-order chi connectivity index (χ1) is 14.0. The van der Waals surface area contributed by atoms with E-state index in [1.165, 1.54) is 10.5 Å². The SMILES string of the molecule is Cc1c(CNC(=NCC(=O)N(C)C)NCCc2ccccc2)oc2ccccc12. The number of hydrogen-bond donors (Lipinski definition) is 2. The van der Waals surface area contributed by atoms with Crippen LogP contribution in [0.2, 0.25) is 0 Å². The molecule has 0 aliphatic carbocycles. The highest BCUT2D eigenvalue weighted by Crippen LogP contribution is 2.24. The highest BCUT2D eigenvalue weighted by atomic mass is 16.3. The van der Waals surface area contributed by atoms with Crippen LogP contribution in [0.1, 0.15) is 16.9 Å². The second-order valence-electron chi connectivity index (χ2n) is 7.12. The minimum absolute atomic E-state index is 0.0472. The molecule has 1 heterocycles. The number of para-hydroxylation sites is 1. The molecule has 0 aliphatic rings. The third-order valence-electron chi connectivity index (χ3n) is 4.78. The van der Waals surface area contributed by atoms with Crippen molar-refractivity contribution in [3.63, 3.8) is 0 Å². The van der Waals surface area contributed by atoms with E-state index in [1.807, 2.05) is 36.4 Å². The molecule has 1 aromatic heterocycles. The van der Waals surface area contributed by atoms with Gasteiger partial charge in [0.1, 0.15) is 17.9 Å². The number of carbonyl (C=O) groups excluding carboxylic acids is 1. The van der Waals surface area contributed by atoms with Crippen molar-refractivity contribution < 1.29 is 9.21 Å². The number of aliphatic imine (C=N–C) groups is 1. The van der Waals surface area contributed by atoms with E-state index < -0.39 is 0 Å². The van der Waals surface area contributed by atoms with Crippen LogP contribution in [0.5, 0.6) is 0 Å². The lowest BCUT2D eigenvalue weighted by atomic mass is 10.1. The summed E-state index contributed by atoms with van der Waals surface area (Å²) in [7, 11) is 3.46. The molecule has 1 amide bonds. The molecule has 29 heavy (non-hydrogen) atoms. The van der Waals surface area contributed by atoms with Crippen molar-refractivity contribution in [1.29, 1.82) is 0 Å². The fourth-order valence-corrected chi connectivity index (χ4v) is 2.99.